The molecular weight excluding hydrogens is 218 g/mol. The van der Waals surface area contributed by atoms with Gasteiger partial charge in [0.05, 0.1) is 6.04 Å². The molecule has 0 spiro atoms. The third-order valence-electron chi connectivity index (χ3n) is 3.40. The Morgan fingerprint density at radius 2 is 2.38 bits per heavy atom. The van der Waals surface area contributed by atoms with Crippen LogP contribution in [0.2, 0.25) is 0 Å². The van der Waals surface area contributed by atoms with Crippen molar-refractivity contribution in [3.05, 3.63) is 16.1 Å². The number of nitrogens with two attached hydrogens (primary N) is 1. The van der Waals surface area contributed by atoms with Gasteiger partial charge in [-0.05, 0) is 32.6 Å². The van der Waals surface area contributed by atoms with Crippen LogP contribution in [0.3, 0.4) is 0 Å². The van der Waals surface area contributed by atoms with E-state index in [0.717, 1.165) is 25.8 Å². The van der Waals surface area contributed by atoms with Crippen molar-refractivity contribution in [3.63, 3.8) is 0 Å². The third-order valence-corrected chi connectivity index (χ3v) is 4.72. The van der Waals surface area contributed by atoms with Crippen molar-refractivity contribution in [2.75, 3.05) is 6.54 Å². The minimum atomic E-state index is 0.0547. The SMILES string of the molecule is CCc1cnc(C(C)NCC2(N)CCC2)s1. The molecule has 1 aromatic rings. The molecule has 0 aromatic carbocycles. The second-order valence-electron chi connectivity index (χ2n) is 4.84. The highest BCUT2D eigenvalue weighted by Crippen LogP contribution is 2.29. The van der Waals surface area contributed by atoms with E-state index < -0.39 is 0 Å². The summed E-state index contributed by atoms with van der Waals surface area (Å²) in [5, 5.41) is 4.68. The van der Waals surface area contributed by atoms with Gasteiger partial charge in [-0.1, -0.05) is 6.92 Å². The quantitative estimate of drug-likeness (QED) is 0.828. The number of hydrogen-bond acceptors (Lipinski definition) is 4. The number of hydrogen-bond donors (Lipinski definition) is 2. The molecule has 1 aromatic heterocycles. The van der Waals surface area contributed by atoms with E-state index >= 15 is 0 Å². The zero-order valence-electron chi connectivity index (χ0n) is 10.1. The van der Waals surface area contributed by atoms with E-state index in [9.17, 15) is 0 Å². The van der Waals surface area contributed by atoms with Gasteiger partial charge in [0.15, 0.2) is 0 Å². The molecule has 0 amide bonds. The molecule has 2 rings (SSSR count). The van der Waals surface area contributed by atoms with Gasteiger partial charge in [0.25, 0.3) is 0 Å². The van der Waals surface area contributed by atoms with Crippen LogP contribution in [-0.2, 0) is 6.42 Å². The van der Waals surface area contributed by atoms with Crippen LogP contribution in [0.4, 0.5) is 0 Å². The first-order valence-electron chi connectivity index (χ1n) is 6.10. The summed E-state index contributed by atoms with van der Waals surface area (Å²) < 4.78 is 0. The summed E-state index contributed by atoms with van der Waals surface area (Å²) in [5.74, 6) is 0. The van der Waals surface area contributed by atoms with E-state index in [2.05, 4.69) is 24.1 Å². The molecule has 1 saturated carbocycles. The Morgan fingerprint density at radius 3 is 2.88 bits per heavy atom. The molecule has 1 unspecified atom stereocenters. The fourth-order valence-electron chi connectivity index (χ4n) is 1.94. The smallest absolute Gasteiger partial charge is 0.109 e. The molecule has 1 aliphatic carbocycles. The van der Waals surface area contributed by atoms with Gasteiger partial charge in [-0.3, -0.25) is 0 Å². The van der Waals surface area contributed by atoms with Gasteiger partial charge in [-0.15, -0.1) is 11.3 Å². The molecule has 1 heterocycles. The van der Waals surface area contributed by atoms with Crippen LogP contribution in [0.5, 0.6) is 0 Å². The maximum absolute atomic E-state index is 6.18. The lowest BCUT2D eigenvalue weighted by atomic mass is 9.77. The van der Waals surface area contributed by atoms with Crippen molar-refractivity contribution in [2.24, 2.45) is 5.73 Å². The van der Waals surface area contributed by atoms with E-state index in [1.54, 1.807) is 11.3 Å². The summed E-state index contributed by atoms with van der Waals surface area (Å²) in [6.07, 6.45) is 6.66. The monoisotopic (exact) mass is 239 g/mol. The Morgan fingerprint density at radius 1 is 1.62 bits per heavy atom. The summed E-state index contributed by atoms with van der Waals surface area (Å²) in [6, 6.07) is 0.325. The molecule has 16 heavy (non-hydrogen) atoms. The van der Waals surface area contributed by atoms with Gasteiger partial charge in [0, 0.05) is 23.2 Å². The topological polar surface area (TPSA) is 50.9 Å². The lowest BCUT2D eigenvalue weighted by molar-refractivity contribution is 0.232. The Kier molecular flexibility index (Phi) is 3.62. The normalized spacial score (nSPS) is 20.4. The Hall–Kier alpha value is -0.450. The molecule has 3 N–H and O–H groups in total. The van der Waals surface area contributed by atoms with Crippen LogP contribution in [0, 0.1) is 0 Å². The Balaban J connectivity index is 1.85. The van der Waals surface area contributed by atoms with E-state index in [0.29, 0.717) is 6.04 Å². The number of nitrogens with one attached hydrogen (secondary N) is 1. The Bertz CT molecular complexity index is 344. The highest BCUT2D eigenvalue weighted by molar-refractivity contribution is 7.11. The van der Waals surface area contributed by atoms with Crippen LogP contribution in [0.25, 0.3) is 0 Å². The molecule has 1 aliphatic rings. The Labute approximate surface area is 101 Å². The average Bonchev–Trinajstić information content (AvgIpc) is 2.71. The number of nitrogens with zero attached hydrogens (tertiary/aromatic N) is 1. The highest BCUT2D eigenvalue weighted by Gasteiger charge is 2.32. The van der Waals surface area contributed by atoms with Crippen molar-refractivity contribution >= 4 is 11.3 Å². The average molecular weight is 239 g/mol. The van der Waals surface area contributed by atoms with Gasteiger partial charge in [0.1, 0.15) is 5.01 Å². The van der Waals surface area contributed by atoms with Gasteiger partial charge >= 0.3 is 0 Å². The van der Waals surface area contributed by atoms with Gasteiger partial charge in [0.2, 0.25) is 0 Å². The van der Waals surface area contributed by atoms with Gasteiger partial charge in [-0.2, -0.15) is 0 Å². The molecule has 4 heteroatoms. The molecule has 0 radical (unpaired) electrons. The zero-order chi connectivity index (χ0) is 11.6. The standard InChI is InChI=1S/C12H21N3S/c1-3-10-7-14-11(16-10)9(2)15-8-12(13)5-4-6-12/h7,9,15H,3-6,8,13H2,1-2H3. The predicted molar refractivity (Wildman–Crippen MR) is 68.7 cm³/mol. The van der Waals surface area contributed by atoms with Crippen molar-refractivity contribution in [1.82, 2.24) is 10.3 Å². The van der Waals surface area contributed by atoms with Crippen molar-refractivity contribution < 1.29 is 0 Å². The predicted octanol–water partition coefficient (Wildman–Crippen LogP) is 2.24. The number of thiazole rings is 1. The molecule has 1 fully saturated rings. The van der Waals surface area contributed by atoms with Crippen molar-refractivity contribution in [2.45, 2.75) is 51.1 Å². The van der Waals surface area contributed by atoms with Crippen LogP contribution in [0.1, 0.15) is 49.0 Å². The molecule has 0 saturated heterocycles. The summed E-state index contributed by atoms with van der Waals surface area (Å²) in [6.45, 7) is 5.24. The zero-order valence-corrected chi connectivity index (χ0v) is 10.9. The fourth-order valence-corrected chi connectivity index (χ4v) is 2.82. The van der Waals surface area contributed by atoms with Crippen LogP contribution in [-0.4, -0.2) is 17.1 Å². The summed E-state index contributed by atoms with van der Waals surface area (Å²) in [4.78, 5) is 5.80. The molecule has 1 atom stereocenters. The molecule has 3 nitrogen and oxygen atoms in total. The number of aryl methyl sites for hydroxylation is 1. The van der Waals surface area contributed by atoms with Gasteiger partial charge in [-0.25, -0.2) is 4.98 Å². The molecule has 0 bridgehead atoms. The minimum Gasteiger partial charge on any atom is -0.324 e. The summed E-state index contributed by atoms with van der Waals surface area (Å²) in [7, 11) is 0. The number of rotatable bonds is 5. The third kappa shape index (κ3) is 2.62. The van der Waals surface area contributed by atoms with Gasteiger partial charge < -0.3 is 11.1 Å². The lowest BCUT2D eigenvalue weighted by Gasteiger charge is -2.39. The lowest BCUT2D eigenvalue weighted by Crippen LogP contribution is -2.54. The van der Waals surface area contributed by atoms with E-state index in [4.69, 9.17) is 5.73 Å². The van der Waals surface area contributed by atoms with Crippen LogP contribution < -0.4 is 11.1 Å². The molecule has 0 aliphatic heterocycles. The van der Waals surface area contributed by atoms with Crippen molar-refractivity contribution in [3.8, 4) is 0 Å². The highest BCUT2D eigenvalue weighted by atomic mass is 32.1. The second-order valence-corrected chi connectivity index (χ2v) is 5.98. The maximum Gasteiger partial charge on any atom is 0.109 e. The largest absolute Gasteiger partial charge is 0.324 e. The molecule has 90 valence electrons. The van der Waals surface area contributed by atoms with E-state index in [-0.39, 0.29) is 5.54 Å². The first-order valence-corrected chi connectivity index (χ1v) is 6.91. The molecular formula is C12H21N3S. The first-order chi connectivity index (χ1) is 7.63. The fraction of sp³-hybridized carbons (Fsp3) is 0.750. The van der Waals surface area contributed by atoms with E-state index in [1.807, 2.05) is 6.20 Å². The van der Waals surface area contributed by atoms with Crippen LogP contribution in [0.15, 0.2) is 6.20 Å². The number of aromatic nitrogens is 1. The van der Waals surface area contributed by atoms with Crippen LogP contribution >= 0.6 is 11.3 Å². The second kappa shape index (κ2) is 4.82. The first kappa shape index (κ1) is 12.0. The minimum absolute atomic E-state index is 0.0547. The van der Waals surface area contributed by atoms with E-state index in [1.165, 1.54) is 16.3 Å². The summed E-state index contributed by atoms with van der Waals surface area (Å²) >= 11 is 1.80. The summed E-state index contributed by atoms with van der Waals surface area (Å²) in [5.41, 5.74) is 6.24. The van der Waals surface area contributed by atoms with Crippen molar-refractivity contribution in [1.29, 1.82) is 0 Å². The maximum atomic E-state index is 6.18.